The van der Waals surface area contributed by atoms with Crippen molar-refractivity contribution in [1.29, 1.82) is 0 Å². The van der Waals surface area contributed by atoms with E-state index in [0.29, 0.717) is 6.54 Å². The maximum Gasteiger partial charge on any atom is 0.417 e. The molecule has 0 aromatic heterocycles. The maximum atomic E-state index is 12.7. The Morgan fingerprint density at radius 1 is 1.24 bits per heavy atom. The van der Waals surface area contributed by atoms with E-state index in [4.69, 9.17) is 0 Å². The molecule has 1 heterocycles. The predicted octanol–water partition coefficient (Wildman–Crippen LogP) is 2.31. The minimum atomic E-state index is -4.56. The molecule has 1 atom stereocenters. The number of aliphatic hydroxyl groups is 1. The van der Waals surface area contributed by atoms with Gasteiger partial charge in [-0.2, -0.15) is 13.2 Å². The van der Waals surface area contributed by atoms with Gasteiger partial charge < -0.3 is 5.11 Å². The number of nitrogens with zero attached hydrogens (tertiary/aromatic N) is 1. The van der Waals surface area contributed by atoms with Gasteiger partial charge in [-0.1, -0.05) is 12.1 Å². The van der Waals surface area contributed by atoms with Crippen molar-refractivity contribution in [2.45, 2.75) is 36.1 Å². The molecule has 2 rings (SSSR count). The SMILES string of the molecule is CS(=O)c1ccc(CN2CCC(O)(C(F)(F)F)CC2)cc1. The molecule has 1 unspecified atom stereocenters. The van der Waals surface area contributed by atoms with Crippen LogP contribution in [0.4, 0.5) is 13.2 Å². The smallest absolute Gasteiger partial charge is 0.380 e. The van der Waals surface area contributed by atoms with Crippen LogP contribution in [0, 0.1) is 0 Å². The van der Waals surface area contributed by atoms with Crippen molar-refractivity contribution in [1.82, 2.24) is 4.90 Å². The van der Waals surface area contributed by atoms with Gasteiger partial charge in [0.1, 0.15) is 0 Å². The quantitative estimate of drug-likeness (QED) is 0.929. The summed E-state index contributed by atoms with van der Waals surface area (Å²) in [5.74, 6) is 0. The highest BCUT2D eigenvalue weighted by Gasteiger charge is 2.54. The third-order valence-corrected chi connectivity index (χ3v) is 4.81. The number of hydrogen-bond donors (Lipinski definition) is 1. The van der Waals surface area contributed by atoms with Crippen LogP contribution in [0.5, 0.6) is 0 Å². The summed E-state index contributed by atoms with van der Waals surface area (Å²) >= 11 is 0. The highest BCUT2D eigenvalue weighted by atomic mass is 32.2. The van der Waals surface area contributed by atoms with E-state index in [1.807, 2.05) is 17.0 Å². The van der Waals surface area contributed by atoms with Gasteiger partial charge in [0.25, 0.3) is 0 Å². The van der Waals surface area contributed by atoms with Crippen molar-refractivity contribution < 1.29 is 22.5 Å². The summed E-state index contributed by atoms with van der Waals surface area (Å²) in [6, 6.07) is 7.20. The van der Waals surface area contributed by atoms with Gasteiger partial charge in [0, 0.05) is 41.6 Å². The summed E-state index contributed by atoms with van der Waals surface area (Å²) in [5, 5.41) is 9.60. The second kappa shape index (κ2) is 6.06. The Morgan fingerprint density at radius 3 is 2.19 bits per heavy atom. The van der Waals surface area contributed by atoms with Crippen LogP contribution in [-0.4, -0.2) is 45.3 Å². The molecule has 0 bridgehead atoms. The molecular weight excluding hydrogens is 303 g/mol. The average Bonchev–Trinajstić information content (AvgIpc) is 2.41. The lowest BCUT2D eigenvalue weighted by molar-refractivity contribution is -0.272. The van der Waals surface area contributed by atoms with E-state index < -0.39 is 22.6 Å². The van der Waals surface area contributed by atoms with E-state index in [9.17, 15) is 22.5 Å². The minimum absolute atomic E-state index is 0.206. The summed E-state index contributed by atoms with van der Waals surface area (Å²) in [5.41, 5.74) is -1.59. The van der Waals surface area contributed by atoms with Gasteiger partial charge in [-0.05, 0) is 30.5 Å². The summed E-state index contributed by atoms with van der Waals surface area (Å²) in [7, 11) is -1.04. The van der Waals surface area contributed by atoms with Gasteiger partial charge in [-0.3, -0.25) is 9.11 Å². The van der Waals surface area contributed by atoms with Crippen LogP contribution in [0.25, 0.3) is 0 Å². The molecule has 21 heavy (non-hydrogen) atoms. The van der Waals surface area contributed by atoms with E-state index in [-0.39, 0.29) is 25.9 Å². The Hall–Kier alpha value is -0.920. The first-order valence-corrected chi connectivity index (χ1v) is 8.21. The number of benzene rings is 1. The van der Waals surface area contributed by atoms with E-state index in [1.54, 1.807) is 18.4 Å². The first-order valence-electron chi connectivity index (χ1n) is 6.65. The molecule has 0 spiro atoms. The second-order valence-corrected chi connectivity index (χ2v) is 6.78. The fraction of sp³-hybridized carbons (Fsp3) is 0.571. The van der Waals surface area contributed by atoms with Gasteiger partial charge in [-0.15, -0.1) is 0 Å². The molecule has 7 heteroatoms. The van der Waals surface area contributed by atoms with Crippen LogP contribution in [0.3, 0.4) is 0 Å². The van der Waals surface area contributed by atoms with Crippen molar-refractivity contribution in [3.8, 4) is 0 Å². The number of rotatable bonds is 3. The zero-order valence-electron chi connectivity index (χ0n) is 11.7. The van der Waals surface area contributed by atoms with Crippen molar-refractivity contribution in [3.63, 3.8) is 0 Å². The lowest BCUT2D eigenvalue weighted by Gasteiger charge is -2.39. The van der Waals surface area contributed by atoms with Crippen LogP contribution >= 0.6 is 0 Å². The second-order valence-electron chi connectivity index (χ2n) is 5.40. The number of alkyl halides is 3. The lowest BCUT2D eigenvalue weighted by Crippen LogP contribution is -2.53. The highest BCUT2D eigenvalue weighted by molar-refractivity contribution is 7.84. The molecule has 0 amide bonds. The predicted molar refractivity (Wildman–Crippen MR) is 74.3 cm³/mol. The van der Waals surface area contributed by atoms with Gasteiger partial charge >= 0.3 is 6.18 Å². The number of hydrogen-bond acceptors (Lipinski definition) is 3. The largest absolute Gasteiger partial charge is 0.417 e. The average molecular weight is 321 g/mol. The van der Waals surface area contributed by atoms with E-state index in [1.165, 1.54) is 0 Å². The van der Waals surface area contributed by atoms with Crippen molar-refractivity contribution in [3.05, 3.63) is 29.8 Å². The summed E-state index contributed by atoms with van der Waals surface area (Å²) < 4.78 is 49.4. The summed E-state index contributed by atoms with van der Waals surface area (Å²) in [4.78, 5) is 2.61. The minimum Gasteiger partial charge on any atom is -0.380 e. The Kier molecular flexibility index (Phi) is 4.75. The summed E-state index contributed by atoms with van der Waals surface area (Å²) in [6.45, 7) is 0.944. The third kappa shape index (κ3) is 3.84. The standard InChI is InChI=1S/C14H18F3NO2S/c1-21(20)12-4-2-11(3-5-12)10-18-8-6-13(19,7-9-18)14(15,16)17/h2-5,19H,6-10H2,1H3. The van der Waals surface area contributed by atoms with Crippen LogP contribution in [0.2, 0.25) is 0 Å². The molecule has 0 saturated carbocycles. The Labute approximate surface area is 124 Å². The monoisotopic (exact) mass is 321 g/mol. The van der Waals surface area contributed by atoms with E-state index in [0.717, 1.165) is 10.5 Å². The summed E-state index contributed by atoms with van der Waals surface area (Å²) in [6.07, 6.45) is -3.56. The topological polar surface area (TPSA) is 40.5 Å². The highest BCUT2D eigenvalue weighted by Crippen LogP contribution is 2.38. The molecule has 1 saturated heterocycles. The molecule has 1 aromatic rings. The van der Waals surface area contributed by atoms with Gasteiger partial charge in [-0.25, -0.2) is 0 Å². The van der Waals surface area contributed by atoms with Crippen LogP contribution in [0.1, 0.15) is 18.4 Å². The van der Waals surface area contributed by atoms with Gasteiger partial charge in [0.15, 0.2) is 5.60 Å². The van der Waals surface area contributed by atoms with Crippen LogP contribution < -0.4 is 0 Å². The fourth-order valence-electron chi connectivity index (χ4n) is 2.41. The first-order chi connectivity index (χ1) is 9.71. The molecule has 1 aromatic carbocycles. The molecule has 118 valence electrons. The Morgan fingerprint density at radius 2 is 1.76 bits per heavy atom. The third-order valence-electron chi connectivity index (χ3n) is 3.87. The number of likely N-dealkylation sites (tertiary alicyclic amines) is 1. The van der Waals surface area contributed by atoms with Crippen molar-refractivity contribution in [2.24, 2.45) is 0 Å². The van der Waals surface area contributed by atoms with Crippen LogP contribution in [-0.2, 0) is 17.3 Å². The Balaban J connectivity index is 1.93. The normalized spacial score (nSPS) is 21.2. The molecule has 0 aliphatic carbocycles. The Bertz CT molecular complexity index is 508. The van der Waals surface area contributed by atoms with Crippen molar-refractivity contribution in [2.75, 3.05) is 19.3 Å². The zero-order valence-corrected chi connectivity index (χ0v) is 12.5. The fourth-order valence-corrected chi connectivity index (χ4v) is 2.93. The van der Waals surface area contributed by atoms with E-state index in [2.05, 4.69) is 0 Å². The van der Waals surface area contributed by atoms with E-state index >= 15 is 0 Å². The zero-order chi connectivity index (χ0) is 15.7. The molecule has 1 fully saturated rings. The van der Waals surface area contributed by atoms with Crippen LogP contribution in [0.15, 0.2) is 29.2 Å². The molecule has 3 nitrogen and oxygen atoms in total. The molecule has 0 radical (unpaired) electrons. The first kappa shape index (κ1) is 16.5. The molecular formula is C14H18F3NO2S. The van der Waals surface area contributed by atoms with Crippen molar-refractivity contribution >= 4 is 10.8 Å². The molecule has 1 aliphatic rings. The molecule has 1 aliphatic heterocycles. The maximum absolute atomic E-state index is 12.7. The van der Waals surface area contributed by atoms with Gasteiger partial charge in [0.05, 0.1) is 0 Å². The molecule has 1 N–H and O–H groups in total. The van der Waals surface area contributed by atoms with Gasteiger partial charge in [0.2, 0.25) is 0 Å². The number of piperidine rings is 1. The lowest BCUT2D eigenvalue weighted by atomic mass is 9.90. The number of halogens is 3.